The molecule has 0 atom stereocenters. The van der Waals surface area contributed by atoms with E-state index in [1.807, 2.05) is 13.0 Å². The Bertz CT molecular complexity index is 385. The number of unbranched alkanes of at least 4 members (excludes halogenated alkanes) is 2. The van der Waals surface area contributed by atoms with E-state index in [2.05, 4.69) is 0 Å². The molecular formula is C12H21NO5S. The van der Waals surface area contributed by atoms with Crippen molar-refractivity contribution in [1.82, 2.24) is 0 Å². The normalized spacial score (nSPS) is 10.9. The smallest absolute Gasteiger partial charge is 0.321 e. The summed E-state index contributed by atoms with van der Waals surface area (Å²) in [6.07, 6.45) is 2.38. The molecule has 0 unspecified atom stereocenters. The van der Waals surface area contributed by atoms with Gasteiger partial charge in [0.05, 0.1) is 18.4 Å². The zero-order valence-electron chi connectivity index (χ0n) is 11.3. The van der Waals surface area contributed by atoms with Gasteiger partial charge in [-0.15, -0.1) is 0 Å². The van der Waals surface area contributed by atoms with Crippen LogP contribution in [0.3, 0.4) is 0 Å². The lowest BCUT2D eigenvalue weighted by atomic mass is 10.4. The number of sulfone groups is 1. The van der Waals surface area contributed by atoms with Crippen LogP contribution in [0.2, 0.25) is 0 Å². The van der Waals surface area contributed by atoms with Crippen LogP contribution in [0.4, 0.5) is 0 Å². The van der Waals surface area contributed by atoms with Gasteiger partial charge in [-0.3, -0.25) is 4.79 Å². The molecule has 0 heterocycles. The van der Waals surface area contributed by atoms with E-state index in [-0.39, 0.29) is 31.8 Å². The first kappa shape index (κ1) is 17.9. The molecule has 0 amide bonds. The Kier molecular flexibility index (Phi) is 10.1. The summed E-state index contributed by atoms with van der Waals surface area (Å²) in [6, 6.07) is 1.86. The zero-order chi connectivity index (χ0) is 14.6. The molecule has 0 saturated heterocycles. The van der Waals surface area contributed by atoms with E-state index in [4.69, 9.17) is 14.7 Å². The van der Waals surface area contributed by atoms with Crippen LogP contribution in [0.1, 0.15) is 32.6 Å². The molecule has 0 aliphatic rings. The molecule has 0 rings (SSSR count). The fourth-order valence-corrected chi connectivity index (χ4v) is 2.40. The largest absolute Gasteiger partial charge is 0.462 e. The van der Waals surface area contributed by atoms with Crippen molar-refractivity contribution in [2.75, 3.05) is 31.3 Å². The molecule has 0 aliphatic heterocycles. The van der Waals surface area contributed by atoms with Crippen LogP contribution in [0, 0.1) is 11.3 Å². The highest BCUT2D eigenvalue weighted by molar-refractivity contribution is 7.92. The fourth-order valence-electron chi connectivity index (χ4n) is 1.23. The first-order valence-electron chi connectivity index (χ1n) is 6.32. The summed E-state index contributed by atoms with van der Waals surface area (Å²) >= 11 is 0. The summed E-state index contributed by atoms with van der Waals surface area (Å²) in [4.78, 5) is 11.3. The molecule has 7 heteroatoms. The van der Waals surface area contributed by atoms with Crippen LogP contribution in [0.25, 0.3) is 0 Å². The molecule has 19 heavy (non-hydrogen) atoms. The Hall–Kier alpha value is -1.13. The average molecular weight is 291 g/mol. The maximum atomic E-state index is 11.4. The van der Waals surface area contributed by atoms with Gasteiger partial charge in [0.1, 0.15) is 12.4 Å². The van der Waals surface area contributed by atoms with Gasteiger partial charge in [-0.2, -0.15) is 5.26 Å². The van der Waals surface area contributed by atoms with E-state index >= 15 is 0 Å². The van der Waals surface area contributed by atoms with Crippen molar-refractivity contribution in [3.05, 3.63) is 0 Å². The van der Waals surface area contributed by atoms with Crippen LogP contribution in [-0.4, -0.2) is 45.7 Å². The Labute approximate surface area is 114 Å². The van der Waals surface area contributed by atoms with Gasteiger partial charge in [0.25, 0.3) is 0 Å². The van der Waals surface area contributed by atoms with Crippen molar-refractivity contribution in [2.24, 2.45) is 0 Å². The second-order valence-corrected chi connectivity index (χ2v) is 6.22. The minimum Gasteiger partial charge on any atom is -0.462 e. The van der Waals surface area contributed by atoms with E-state index in [9.17, 15) is 13.2 Å². The first-order chi connectivity index (χ1) is 9.02. The monoisotopic (exact) mass is 291 g/mol. The molecule has 0 aromatic carbocycles. The van der Waals surface area contributed by atoms with Crippen LogP contribution < -0.4 is 0 Å². The van der Waals surface area contributed by atoms with Crippen LogP contribution in [0.5, 0.6) is 0 Å². The lowest BCUT2D eigenvalue weighted by Gasteiger charge is -2.06. The van der Waals surface area contributed by atoms with Gasteiger partial charge >= 0.3 is 5.97 Å². The SMILES string of the molecule is CCCCOCCOC(=O)CS(=O)(=O)CCCC#N. The van der Waals surface area contributed by atoms with Crippen LogP contribution >= 0.6 is 0 Å². The molecule has 0 spiro atoms. The van der Waals surface area contributed by atoms with E-state index in [0.717, 1.165) is 12.8 Å². The Balaban J connectivity index is 3.70. The summed E-state index contributed by atoms with van der Waals surface area (Å²) in [6.45, 7) is 3.00. The molecule has 0 bridgehead atoms. The number of hydrogen-bond acceptors (Lipinski definition) is 6. The van der Waals surface area contributed by atoms with Crippen LogP contribution in [0.15, 0.2) is 0 Å². The van der Waals surface area contributed by atoms with Gasteiger partial charge in [0, 0.05) is 13.0 Å². The average Bonchev–Trinajstić information content (AvgIpc) is 2.33. The van der Waals surface area contributed by atoms with E-state index < -0.39 is 21.6 Å². The third kappa shape index (κ3) is 11.7. The maximum Gasteiger partial charge on any atom is 0.321 e. The van der Waals surface area contributed by atoms with Crippen molar-refractivity contribution in [2.45, 2.75) is 32.6 Å². The molecule has 0 fully saturated rings. The number of hydrogen-bond donors (Lipinski definition) is 0. The van der Waals surface area contributed by atoms with Gasteiger partial charge in [-0.25, -0.2) is 8.42 Å². The molecule has 0 saturated carbocycles. The van der Waals surface area contributed by atoms with Gasteiger partial charge in [0.15, 0.2) is 9.84 Å². The number of carbonyl (C=O) groups is 1. The number of nitriles is 1. The third-order valence-electron chi connectivity index (χ3n) is 2.21. The van der Waals surface area contributed by atoms with Gasteiger partial charge < -0.3 is 9.47 Å². The van der Waals surface area contributed by atoms with Gasteiger partial charge in [-0.05, 0) is 12.8 Å². The lowest BCUT2D eigenvalue weighted by Crippen LogP contribution is -2.22. The molecule has 110 valence electrons. The summed E-state index contributed by atoms with van der Waals surface area (Å²) < 4.78 is 32.8. The number of carbonyl (C=O) groups excluding carboxylic acids is 1. The number of nitrogens with zero attached hydrogens (tertiary/aromatic N) is 1. The second-order valence-electron chi connectivity index (χ2n) is 4.04. The molecular weight excluding hydrogens is 270 g/mol. The van der Waals surface area contributed by atoms with Crippen molar-refractivity contribution >= 4 is 15.8 Å². The standard InChI is InChI=1S/C12H21NO5S/c1-2-3-7-17-8-9-18-12(14)11-19(15,16)10-5-4-6-13/h2-5,7-11H2,1H3. The quantitative estimate of drug-likeness (QED) is 0.417. The first-order valence-corrected chi connectivity index (χ1v) is 8.14. The zero-order valence-corrected chi connectivity index (χ0v) is 12.1. The summed E-state index contributed by atoms with van der Waals surface area (Å²) in [7, 11) is -3.47. The van der Waals surface area contributed by atoms with E-state index in [0.29, 0.717) is 6.61 Å². The predicted molar refractivity (Wildman–Crippen MR) is 70.2 cm³/mol. The molecule has 0 N–H and O–H groups in total. The molecule has 0 aliphatic carbocycles. The molecule has 6 nitrogen and oxygen atoms in total. The van der Waals surface area contributed by atoms with Gasteiger partial charge in [-0.1, -0.05) is 13.3 Å². The Morgan fingerprint density at radius 1 is 1.21 bits per heavy atom. The van der Waals surface area contributed by atoms with Crippen LogP contribution in [-0.2, 0) is 24.1 Å². The summed E-state index contributed by atoms with van der Waals surface area (Å²) in [5.74, 6) is -1.56. The number of esters is 1. The fraction of sp³-hybridized carbons (Fsp3) is 0.833. The Morgan fingerprint density at radius 3 is 2.58 bits per heavy atom. The van der Waals surface area contributed by atoms with Crippen molar-refractivity contribution < 1.29 is 22.7 Å². The minimum absolute atomic E-state index is 0.0657. The highest BCUT2D eigenvalue weighted by Crippen LogP contribution is 1.98. The minimum atomic E-state index is -3.47. The topological polar surface area (TPSA) is 93.5 Å². The predicted octanol–water partition coefficient (Wildman–Crippen LogP) is 1.06. The molecule has 0 aromatic heterocycles. The van der Waals surface area contributed by atoms with Crippen molar-refractivity contribution in [3.8, 4) is 6.07 Å². The third-order valence-corrected chi connectivity index (χ3v) is 3.80. The van der Waals surface area contributed by atoms with Crippen molar-refractivity contribution in [1.29, 1.82) is 5.26 Å². The summed E-state index contributed by atoms with van der Waals surface area (Å²) in [5.41, 5.74) is 0. The highest BCUT2D eigenvalue weighted by Gasteiger charge is 2.17. The van der Waals surface area contributed by atoms with E-state index in [1.165, 1.54) is 0 Å². The molecule has 0 radical (unpaired) electrons. The highest BCUT2D eigenvalue weighted by atomic mass is 32.2. The summed E-state index contributed by atoms with van der Waals surface area (Å²) in [5, 5.41) is 8.30. The maximum absolute atomic E-state index is 11.4. The Morgan fingerprint density at radius 2 is 1.95 bits per heavy atom. The number of ether oxygens (including phenoxy) is 2. The number of rotatable bonds is 11. The van der Waals surface area contributed by atoms with E-state index in [1.54, 1.807) is 0 Å². The van der Waals surface area contributed by atoms with Gasteiger partial charge in [0.2, 0.25) is 0 Å². The second kappa shape index (κ2) is 10.8. The molecule has 0 aromatic rings. The lowest BCUT2D eigenvalue weighted by molar-refractivity contribution is -0.142. The van der Waals surface area contributed by atoms with Crippen molar-refractivity contribution in [3.63, 3.8) is 0 Å².